The fraction of sp³-hybridized carbons (Fsp3) is 0.385. The smallest absolute Gasteiger partial charge is 0.119 e. The molecule has 0 fully saturated rings. The van der Waals surface area contributed by atoms with Crippen LogP contribution in [0.15, 0.2) is 36.1 Å². The minimum atomic E-state index is 0.123. The quantitative estimate of drug-likeness (QED) is 0.842. The van der Waals surface area contributed by atoms with E-state index in [1.807, 2.05) is 25.2 Å². The molecule has 3 heteroatoms. The SMILES string of the molecule is CNC(C1=CCCO1)c1cccc(OC)c1. The number of methoxy groups -OCH3 is 1. The van der Waals surface area contributed by atoms with Crippen LogP contribution in [-0.4, -0.2) is 20.8 Å². The van der Waals surface area contributed by atoms with Crippen LogP contribution in [0.3, 0.4) is 0 Å². The van der Waals surface area contributed by atoms with E-state index < -0.39 is 0 Å². The van der Waals surface area contributed by atoms with E-state index in [0.29, 0.717) is 0 Å². The second-order valence-corrected chi connectivity index (χ2v) is 3.74. The van der Waals surface area contributed by atoms with Crippen molar-refractivity contribution in [2.24, 2.45) is 0 Å². The number of hydrogen-bond donors (Lipinski definition) is 1. The molecule has 86 valence electrons. The molecule has 2 rings (SSSR count). The maximum Gasteiger partial charge on any atom is 0.119 e. The maximum absolute atomic E-state index is 5.59. The first-order chi connectivity index (χ1) is 7.85. The molecule has 0 saturated heterocycles. The van der Waals surface area contributed by atoms with Crippen LogP contribution in [-0.2, 0) is 4.74 Å². The second-order valence-electron chi connectivity index (χ2n) is 3.74. The van der Waals surface area contributed by atoms with Gasteiger partial charge in [0.2, 0.25) is 0 Å². The Kier molecular flexibility index (Phi) is 3.47. The summed E-state index contributed by atoms with van der Waals surface area (Å²) in [5, 5.41) is 3.26. The summed E-state index contributed by atoms with van der Waals surface area (Å²) >= 11 is 0. The topological polar surface area (TPSA) is 30.5 Å². The van der Waals surface area contributed by atoms with Gasteiger partial charge in [-0.05, 0) is 30.8 Å². The highest BCUT2D eigenvalue weighted by molar-refractivity contribution is 5.34. The molecule has 0 saturated carbocycles. The average molecular weight is 219 g/mol. The molecule has 3 nitrogen and oxygen atoms in total. The van der Waals surface area contributed by atoms with Crippen LogP contribution >= 0.6 is 0 Å². The van der Waals surface area contributed by atoms with Crippen LogP contribution in [0.2, 0.25) is 0 Å². The first kappa shape index (κ1) is 11.0. The van der Waals surface area contributed by atoms with Crippen molar-refractivity contribution in [2.45, 2.75) is 12.5 Å². The van der Waals surface area contributed by atoms with Crippen molar-refractivity contribution >= 4 is 0 Å². The first-order valence-electron chi connectivity index (χ1n) is 5.49. The lowest BCUT2D eigenvalue weighted by Crippen LogP contribution is -2.19. The molecule has 1 aromatic carbocycles. The number of likely N-dealkylation sites (N-methyl/N-ethyl adjacent to an activating group) is 1. The Labute approximate surface area is 96.1 Å². The van der Waals surface area contributed by atoms with E-state index in [4.69, 9.17) is 9.47 Å². The van der Waals surface area contributed by atoms with Crippen molar-refractivity contribution in [1.29, 1.82) is 0 Å². The Morgan fingerprint density at radius 1 is 1.44 bits per heavy atom. The fourth-order valence-electron chi connectivity index (χ4n) is 1.93. The lowest BCUT2D eigenvalue weighted by Gasteiger charge is -2.18. The Hall–Kier alpha value is -1.48. The van der Waals surface area contributed by atoms with E-state index in [9.17, 15) is 0 Å². The first-order valence-corrected chi connectivity index (χ1v) is 5.49. The molecule has 1 N–H and O–H groups in total. The summed E-state index contributed by atoms with van der Waals surface area (Å²) in [6.07, 6.45) is 3.14. The van der Waals surface area contributed by atoms with E-state index in [0.717, 1.165) is 30.1 Å². The highest BCUT2D eigenvalue weighted by atomic mass is 16.5. The number of hydrogen-bond acceptors (Lipinski definition) is 3. The average Bonchev–Trinajstić information content (AvgIpc) is 2.84. The van der Waals surface area contributed by atoms with Gasteiger partial charge in [-0.1, -0.05) is 12.1 Å². The fourth-order valence-corrected chi connectivity index (χ4v) is 1.93. The van der Waals surface area contributed by atoms with E-state index in [1.54, 1.807) is 7.11 Å². The van der Waals surface area contributed by atoms with E-state index in [2.05, 4.69) is 17.5 Å². The molecule has 1 aliphatic heterocycles. The molecule has 0 bridgehead atoms. The molecule has 1 heterocycles. The lowest BCUT2D eigenvalue weighted by atomic mass is 10.0. The monoisotopic (exact) mass is 219 g/mol. The summed E-state index contributed by atoms with van der Waals surface area (Å²) < 4.78 is 10.8. The van der Waals surface area contributed by atoms with Crippen molar-refractivity contribution in [3.05, 3.63) is 41.7 Å². The molecule has 1 unspecified atom stereocenters. The van der Waals surface area contributed by atoms with Gasteiger partial charge in [-0.15, -0.1) is 0 Å². The lowest BCUT2D eigenvalue weighted by molar-refractivity contribution is 0.218. The molecular weight excluding hydrogens is 202 g/mol. The summed E-state index contributed by atoms with van der Waals surface area (Å²) in [5.41, 5.74) is 1.16. The standard InChI is InChI=1S/C13H17NO2/c1-14-13(12-7-4-8-16-12)10-5-3-6-11(9-10)15-2/h3,5-7,9,13-14H,4,8H2,1-2H3. The number of benzene rings is 1. The van der Waals surface area contributed by atoms with Crippen LogP contribution in [0.25, 0.3) is 0 Å². The molecular formula is C13H17NO2. The van der Waals surface area contributed by atoms with Crippen molar-refractivity contribution in [1.82, 2.24) is 5.32 Å². The third-order valence-electron chi connectivity index (χ3n) is 2.73. The van der Waals surface area contributed by atoms with Crippen molar-refractivity contribution < 1.29 is 9.47 Å². The molecule has 0 aromatic heterocycles. The van der Waals surface area contributed by atoms with Crippen LogP contribution in [0.4, 0.5) is 0 Å². The van der Waals surface area contributed by atoms with Crippen LogP contribution in [0.1, 0.15) is 18.0 Å². The predicted molar refractivity (Wildman–Crippen MR) is 63.4 cm³/mol. The van der Waals surface area contributed by atoms with Gasteiger partial charge in [0.15, 0.2) is 0 Å². The van der Waals surface area contributed by atoms with Gasteiger partial charge < -0.3 is 14.8 Å². The highest BCUT2D eigenvalue weighted by Gasteiger charge is 2.19. The van der Waals surface area contributed by atoms with Gasteiger partial charge in [-0.25, -0.2) is 0 Å². The minimum Gasteiger partial charge on any atom is -0.497 e. The van der Waals surface area contributed by atoms with Crippen molar-refractivity contribution in [3.8, 4) is 5.75 Å². The van der Waals surface area contributed by atoms with E-state index in [-0.39, 0.29) is 6.04 Å². The van der Waals surface area contributed by atoms with E-state index >= 15 is 0 Å². The Morgan fingerprint density at radius 3 is 2.94 bits per heavy atom. The Bertz CT molecular complexity index is 387. The molecule has 16 heavy (non-hydrogen) atoms. The van der Waals surface area contributed by atoms with Gasteiger partial charge in [0, 0.05) is 6.42 Å². The number of nitrogens with one attached hydrogen (secondary N) is 1. The molecule has 0 aliphatic carbocycles. The highest BCUT2D eigenvalue weighted by Crippen LogP contribution is 2.28. The van der Waals surface area contributed by atoms with Crippen LogP contribution in [0, 0.1) is 0 Å². The second kappa shape index (κ2) is 5.03. The molecule has 0 amide bonds. The van der Waals surface area contributed by atoms with E-state index in [1.165, 1.54) is 0 Å². The summed E-state index contributed by atoms with van der Waals surface area (Å²) in [4.78, 5) is 0. The summed E-state index contributed by atoms with van der Waals surface area (Å²) in [6, 6.07) is 8.17. The summed E-state index contributed by atoms with van der Waals surface area (Å²) in [5.74, 6) is 1.88. The Morgan fingerprint density at radius 2 is 2.31 bits per heavy atom. The number of ether oxygens (including phenoxy) is 2. The van der Waals surface area contributed by atoms with Gasteiger partial charge in [0.05, 0.1) is 19.8 Å². The molecule has 0 spiro atoms. The van der Waals surface area contributed by atoms with Gasteiger partial charge in [0.25, 0.3) is 0 Å². The van der Waals surface area contributed by atoms with Crippen LogP contribution in [0.5, 0.6) is 5.75 Å². The third kappa shape index (κ3) is 2.19. The largest absolute Gasteiger partial charge is 0.497 e. The zero-order valence-corrected chi connectivity index (χ0v) is 9.69. The van der Waals surface area contributed by atoms with Gasteiger partial charge >= 0.3 is 0 Å². The maximum atomic E-state index is 5.59. The zero-order valence-electron chi connectivity index (χ0n) is 9.69. The minimum absolute atomic E-state index is 0.123. The predicted octanol–water partition coefficient (Wildman–Crippen LogP) is 2.26. The molecule has 1 aliphatic rings. The summed E-state index contributed by atoms with van der Waals surface area (Å²) in [7, 11) is 3.62. The molecule has 1 atom stereocenters. The third-order valence-corrected chi connectivity index (χ3v) is 2.73. The zero-order chi connectivity index (χ0) is 11.4. The van der Waals surface area contributed by atoms with Crippen molar-refractivity contribution in [3.63, 3.8) is 0 Å². The van der Waals surface area contributed by atoms with Crippen molar-refractivity contribution in [2.75, 3.05) is 20.8 Å². The van der Waals surface area contributed by atoms with Crippen LogP contribution < -0.4 is 10.1 Å². The molecule has 0 radical (unpaired) electrons. The van der Waals surface area contributed by atoms with Gasteiger partial charge in [-0.3, -0.25) is 0 Å². The van der Waals surface area contributed by atoms with Gasteiger partial charge in [-0.2, -0.15) is 0 Å². The number of rotatable bonds is 4. The normalized spacial score (nSPS) is 16.5. The Balaban J connectivity index is 2.25. The van der Waals surface area contributed by atoms with Gasteiger partial charge in [0.1, 0.15) is 11.5 Å². The summed E-state index contributed by atoms with van der Waals surface area (Å²) in [6.45, 7) is 0.789. The molecule has 1 aromatic rings.